The number of amides is 1. The van der Waals surface area contributed by atoms with Gasteiger partial charge in [0.2, 0.25) is 15.0 Å². The number of aromatic nitrogens is 3. The lowest BCUT2D eigenvalue weighted by Gasteiger charge is -2.25. The van der Waals surface area contributed by atoms with Gasteiger partial charge in [-0.1, -0.05) is 0 Å². The second-order valence-corrected chi connectivity index (χ2v) is 12.6. The maximum absolute atomic E-state index is 14.5. The van der Waals surface area contributed by atoms with Gasteiger partial charge in [0.15, 0.2) is 0 Å². The van der Waals surface area contributed by atoms with E-state index < -0.39 is 42.0 Å². The molecule has 1 atom stereocenters. The van der Waals surface area contributed by atoms with Crippen LogP contribution in [0.15, 0.2) is 22.3 Å². The molecule has 1 amide bonds. The van der Waals surface area contributed by atoms with Gasteiger partial charge < -0.3 is 9.72 Å². The molecule has 0 saturated heterocycles. The van der Waals surface area contributed by atoms with Crippen LogP contribution in [-0.2, 0) is 24.1 Å². The fourth-order valence-corrected chi connectivity index (χ4v) is 4.45. The van der Waals surface area contributed by atoms with Gasteiger partial charge in [-0.2, -0.15) is 0 Å². The summed E-state index contributed by atoms with van der Waals surface area (Å²) in [5, 5.41) is -0.264. The monoisotopic (exact) mass is 470 g/mol. The van der Waals surface area contributed by atoms with Gasteiger partial charge in [0.05, 0.1) is 16.6 Å². The Hall–Kier alpha value is -2.73. The molecule has 1 aromatic carbocycles. The first-order valence-corrected chi connectivity index (χ1v) is 13.0. The molecular formula is C19H23FN4O5S2. The van der Waals surface area contributed by atoms with Gasteiger partial charge in [-0.25, -0.2) is 27.6 Å². The van der Waals surface area contributed by atoms with Crippen molar-refractivity contribution in [2.45, 2.75) is 36.6 Å². The van der Waals surface area contributed by atoms with E-state index in [2.05, 4.69) is 20.8 Å². The van der Waals surface area contributed by atoms with Crippen LogP contribution in [0.4, 0.5) is 14.9 Å². The fourth-order valence-electron chi connectivity index (χ4n) is 2.96. The lowest BCUT2D eigenvalue weighted by Crippen LogP contribution is -2.34. The van der Waals surface area contributed by atoms with E-state index >= 15 is 0 Å². The van der Waals surface area contributed by atoms with Crippen LogP contribution >= 0.6 is 0 Å². The standard InChI is InChI=1S/C19H23FN4O5S2/c1-19(2,3)29-18(25)24(4)12-9-10(20)8-11-13-15(21-14(11)12)22-17(31(7,27)28)23-16(13)30(5,6)26/h8-9H,5H2,1-4,6-7H3,(H,21,22,23). The highest BCUT2D eigenvalue weighted by Crippen LogP contribution is 2.36. The molecule has 31 heavy (non-hydrogen) atoms. The Morgan fingerprint density at radius 3 is 2.32 bits per heavy atom. The second kappa shape index (κ2) is 7.16. The minimum absolute atomic E-state index is 0.0306. The predicted molar refractivity (Wildman–Crippen MR) is 119 cm³/mol. The third-order valence-corrected chi connectivity index (χ3v) is 6.18. The number of sulfone groups is 1. The summed E-state index contributed by atoms with van der Waals surface area (Å²) in [5.41, 5.74) is -0.346. The molecule has 0 aliphatic carbocycles. The molecule has 2 aromatic heterocycles. The molecule has 0 fully saturated rings. The van der Waals surface area contributed by atoms with Gasteiger partial charge >= 0.3 is 6.09 Å². The number of hydrogen-bond acceptors (Lipinski definition) is 7. The van der Waals surface area contributed by atoms with E-state index in [0.29, 0.717) is 0 Å². The summed E-state index contributed by atoms with van der Waals surface area (Å²) in [4.78, 5) is 24.6. The summed E-state index contributed by atoms with van der Waals surface area (Å²) >= 11 is 0. The van der Waals surface area contributed by atoms with Crippen molar-refractivity contribution >= 4 is 58.9 Å². The number of carbonyl (C=O) groups excluding carboxylic acids is 1. The van der Waals surface area contributed by atoms with Crippen LogP contribution in [0.2, 0.25) is 0 Å². The molecule has 1 unspecified atom stereocenters. The number of anilines is 1. The molecule has 0 aliphatic heterocycles. The van der Waals surface area contributed by atoms with Gasteiger partial charge in [0.1, 0.15) is 22.1 Å². The zero-order chi connectivity index (χ0) is 23.5. The van der Waals surface area contributed by atoms with Crippen LogP contribution in [0.1, 0.15) is 20.8 Å². The summed E-state index contributed by atoms with van der Waals surface area (Å²) in [7, 11) is -5.45. The number of nitrogens with zero attached hydrogens (tertiary/aromatic N) is 3. The van der Waals surface area contributed by atoms with Gasteiger partial charge in [-0.3, -0.25) is 9.11 Å². The average Bonchev–Trinajstić information content (AvgIpc) is 2.94. The number of aromatic amines is 1. The number of halogens is 1. The first-order chi connectivity index (χ1) is 14.0. The highest BCUT2D eigenvalue weighted by atomic mass is 32.2. The Balaban J connectivity index is 2.40. The predicted octanol–water partition coefficient (Wildman–Crippen LogP) is 2.73. The maximum atomic E-state index is 14.5. The number of carbonyl (C=O) groups is 1. The van der Waals surface area contributed by atoms with Crippen molar-refractivity contribution in [2.24, 2.45) is 0 Å². The quantitative estimate of drug-likeness (QED) is 0.355. The normalized spacial score (nSPS) is 14.5. The van der Waals surface area contributed by atoms with Gasteiger partial charge in [0, 0.05) is 34.5 Å². The van der Waals surface area contributed by atoms with Crippen molar-refractivity contribution in [3.63, 3.8) is 0 Å². The van der Waals surface area contributed by atoms with E-state index in [-0.39, 0.29) is 32.6 Å². The van der Waals surface area contributed by atoms with Crippen LogP contribution in [0.25, 0.3) is 21.9 Å². The largest absolute Gasteiger partial charge is 0.443 e. The number of benzene rings is 1. The summed E-state index contributed by atoms with van der Waals surface area (Å²) in [5.74, 6) is 2.92. The fraction of sp³-hybridized carbons (Fsp3) is 0.368. The molecule has 168 valence electrons. The van der Waals surface area contributed by atoms with E-state index in [4.69, 9.17) is 4.74 Å². The SMILES string of the molecule is C=S(C)(=O)c1nc(S(C)(=O)=O)nc2[nH]c3c(N(C)C(=O)OC(C)(C)C)cc(F)cc3c12. The van der Waals surface area contributed by atoms with Crippen LogP contribution in [0.5, 0.6) is 0 Å². The third kappa shape index (κ3) is 4.49. The summed E-state index contributed by atoms with van der Waals surface area (Å²) < 4.78 is 56.8. The van der Waals surface area contributed by atoms with Crippen molar-refractivity contribution in [1.29, 1.82) is 0 Å². The smallest absolute Gasteiger partial charge is 0.414 e. The molecule has 3 rings (SSSR count). The highest BCUT2D eigenvalue weighted by molar-refractivity contribution is 7.99. The summed E-state index contributed by atoms with van der Waals surface area (Å²) in [6.45, 7) is 5.09. The van der Waals surface area contributed by atoms with Crippen LogP contribution in [0, 0.1) is 5.82 Å². The molecule has 0 spiro atoms. The number of fused-ring (bicyclic) bond motifs is 3. The van der Waals surface area contributed by atoms with Crippen molar-refractivity contribution in [2.75, 3.05) is 24.5 Å². The lowest BCUT2D eigenvalue weighted by atomic mass is 10.1. The van der Waals surface area contributed by atoms with E-state index in [1.807, 2.05) is 0 Å². The molecule has 2 heterocycles. The van der Waals surface area contributed by atoms with E-state index in [1.165, 1.54) is 19.4 Å². The molecule has 9 nitrogen and oxygen atoms in total. The zero-order valence-electron chi connectivity index (χ0n) is 17.9. The number of hydrogen-bond donors (Lipinski definition) is 1. The number of rotatable bonds is 3. The molecule has 0 bridgehead atoms. The van der Waals surface area contributed by atoms with Gasteiger partial charge in [-0.05, 0) is 38.8 Å². The average molecular weight is 471 g/mol. The molecule has 0 radical (unpaired) electrons. The Morgan fingerprint density at radius 2 is 1.81 bits per heavy atom. The molecular weight excluding hydrogens is 447 g/mol. The second-order valence-electron chi connectivity index (χ2n) is 8.32. The van der Waals surface area contributed by atoms with Crippen LogP contribution in [0.3, 0.4) is 0 Å². The van der Waals surface area contributed by atoms with Crippen LogP contribution < -0.4 is 4.90 Å². The maximum Gasteiger partial charge on any atom is 0.414 e. The molecule has 1 N–H and O–H groups in total. The van der Waals surface area contributed by atoms with Crippen molar-refractivity contribution in [3.05, 3.63) is 17.9 Å². The van der Waals surface area contributed by atoms with Crippen LogP contribution in [-0.4, -0.2) is 64.7 Å². The first kappa shape index (κ1) is 22.9. The minimum Gasteiger partial charge on any atom is -0.443 e. The zero-order valence-corrected chi connectivity index (χ0v) is 19.6. The summed E-state index contributed by atoms with van der Waals surface area (Å²) in [6.07, 6.45) is 1.49. The number of H-pyrrole nitrogens is 1. The van der Waals surface area contributed by atoms with E-state index in [9.17, 15) is 21.8 Å². The van der Waals surface area contributed by atoms with Crippen molar-refractivity contribution in [3.8, 4) is 0 Å². The molecule has 0 aliphatic rings. The molecule has 3 aromatic rings. The first-order valence-electron chi connectivity index (χ1n) is 9.01. The van der Waals surface area contributed by atoms with Gasteiger partial charge in [-0.15, -0.1) is 0 Å². The van der Waals surface area contributed by atoms with Crippen molar-refractivity contribution < 1.29 is 26.5 Å². The Kier molecular flexibility index (Phi) is 5.30. The third-order valence-electron chi connectivity index (χ3n) is 4.22. The van der Waals surface area contributed by atoms with E-state index in [1.54, 1.807) is 20.8 Å². The Bertz CT molecular complexity index is 1440. The minimum atomic E-state index is -3.84. The van der Waals surface area contributed by atoms with Gasteiger partial charge in [0.25, 0.3) is 0 Å². The Morgan fingerprint density at radius 1 is 1.19 bits per heavy atom. The topological polar surface area (TPSA) is 122 Å². The number of nitrogens with one attached hydrogen (secondary N) is 1. The molecule has 0 saturated carbocycles. The molecule has 12 heteroatoms. The van der Waals surface area contributed by atoms with E-state index in [0.717, 1.165) is 17.2 Å². The highest BCUT2D eigenvalue weighted by Gasteiger charge is 2.26. The lowest BCUT2D eigenvalue weighted by molar-refractivity contribution is 0.0589. The van der Waals surface area contributed by atoms with Crippen molar-refractivity contribution in [1.82, 2.24) is 15.0 Å². The Labute approximate surface area is 179 Å². The summed E-state index contributed by atoms with van der Waals surface area (Å²) in [6, 6.07) is 2.29. The number of ether oxygens (including phenoxy) is 1.